The number of hydrogen-bond acceptors (Lipinski definition) is 2. The number of rotatable bonds is 3. The van der Waals surface area contributed by atoms with Gasteiger partial charge < -0.3 is 4.43 Å². The van der Waals surface area contributed by atoms with Crippen molar-refractivity contribution in [3.63, 3.8) is 0 Å². The largest absolute Gasteiger partial charge is 0.519 e. The van der Waals surface area contributed by atoms with Gasteiger partial charge in [-0.25, -0.2) is 0 Å². The second-order valence-corrected chi connectivity index (χ2v) is 15.4. The maximum absolute atomic E-state index is 13.2. The Labute approximate surface area is 161 Å². The number of fused-ring (bicyclic) bond motifs is 3. The Morgan fingerprint density at radius 1 is 1.23 bits per heavy atom. The predicted molar refractivity (Wildman–Crippen MR) is 111 cm³/mol. The van der Waals surface area contributed by atoms with Crippen molar-refractivity contribution < 1.29 is 9.22 Å². The molecular weight excluding hydrogens is 336 g/mol. The van der Waals surface area contributed by atoms with Gasteiger partial charge >= 0.3 is 0 Å². The third-order valence-corrected chi connectivity index (χ3v) is 8.60. The lowest BCUT2D eigenvalue weighted by Gasteiger charge is -2.59. The average Bonchev–Trinajstić information content (AvgIpc) is 2.52. The van der Waals surface area contributed by atoms with Gasteiger partial charge in [-0.15, -0.1) is 6.58 Å². The fraction of sp³-hybridized carbons (Fsp3) is 0.783. The van der Waals surface area contributed by atoms with Gasteiger partial charge in [-0.2, -0.15) is 0 Å². The molecule has 3 rings (SSSR count). The molecule has 0 bridgehead atoms. The molecule has 5 unspecified atom stereocenters. The third kappa shape index (κ3) is 3.25. The fourth-order valence-corrected chi connectivity index (χ4v) is 7.04. The topological polar surface area (TPSA) is 26.3 Å². The van der Waals surface area contributed by atoms with Crippen molar-refractivity contribution in [3.8, 4) is 0 Å². The van der Waals surface area contributed by atoms with Crippen LogP contribution in [0.5, 0.6) is 0 Å². The van der Waals surface area contributed by atoms with Gasteiger partial charge in [0.2, 0.25) is 8.32 Å². The molecule has 3 aliphatic rings. The highest BCUT2D eigenvalue weighted by molar-refractivity contribution is 6.71. The number of allylic oxidation sites excluding steroid dienone is 3. The molecule has 0 amide bonds. The van der Waals surface area contributed by atoms with Crippen LogP contribution in [0.2, 0.25) is 19.6 Å². The Morgan fingerprint density at radius 3 is 2.54 bits per heavy atom. The second-order valence-electron chi connectivity index (χ2n) is 11.0. The van der Waals surface area contributed by atoms with Crippen LogP contribution in [0.4, 0.5) is 0 Å². The van der Waals surface area contributed by atoms with E-state index in [4.69, 9.17) is 4.43 Å². The highest BCUT2D eigenvalue weighted by atomic mass is 28.4. The van der Waals surface area contributed by atoms with Gasteiger partial charge in [0.1, 0.15) is 0 Å². The monoisotopic (exact) mass is 374 g/mol. The van der Waals surface area contributed by atoms with Crippen LogP contribution in [0.3, 0.4) is 0 Å². The Balaban J connectivity index is 1.92. The van der Waals surface area contributed by atoms with E-state index in [1.54, 1.807) is 5.57 Å². The highest BCUT2D eigenvalue weighted by Gasteiger charge is 2.58. The van der Waals surface area contributed by atoms with Gasteiger partial charge in [0.05, 0.1) is 5.41 Å². The molecule has 0 spiro atoms. The standard InChI is InChI=1S/C23H38O2Si/c1-8-21(2)15-12-18-17(16-21)10-11-19-22(18,3)13-9-14-23(19,4)20(24)25-26(5,6)7/h8,10,18-19H,1,9,11-16H2,2-7H3. The highest BCUT2D eigenvalue weighted by Crippen LogP contribution is 2.64. The summed E-state index contributed by atoms with van der Waals surface area (Å²) in [5.41, 5.74) is 1.80. The van der Waals surface area contributed by atoms with Crippen LogP contribution in [0, 0.1) is 28.1 Å². The minimum absolute atomic E-state index is 0.0798. The van der Waals surface area contributed by atoms with E-state index in [2.05, 4.69) is 59.1 Å². The minimum Gasteiger partial charge on any atom is -0.519 e. The van der Waals surface area contributed by atoms with Crippen molar-refractivity contribution in [2.45, 2.75) is 85.4 Å². The fourth-order valence-electron chi connectivity index (χ4n) is 6.25. The molecular formula is C23H38O2Si. The SMILES string of the molecule is C=CC1(C)CCC2C(=CCC3C(C)(C(=O)O[Si](C)(C)C)CCCC23C)C1. The van der Waals surface area contributed by atoms with Crippen LogP contribution in [0.15, 0.2) is 24.3 Å². The molecule has 2 fully saturated rings. The van der Waals surface area contributed by atoms with E-state index in [9.17, 15) is 4.79 Å². The molecule has 0 aromatic heterocycles. The molecule has 0 aromatic carbocycles. The molecule has 0 saturated heterocycles. The molecule has 2 saturated carbocycles. The van der Waals surface area contributed by atoms with Gasteiger partial charge in [0.25, 0.3) is 5.97 Å². The Kier molecular flexibility index (Phi) is 4.87. The number of carbonyl (C=O) groups excluding carboxylic acids is 1. The van der Waals surface area contributed by atoms with E-state index in [1.807, 2.05) is 0 Å². The van der Waals surface area contributed by atoms with E-state index < -0.39 is 8.32 Å². The molecule has 0 heterocycles. The number of hydrogen-bond donors (Lipinski definition) is 0. The van der Waals surface area contributed by atoms with Crippen LogP contribution < -0.4 is 0 Å². The van der Waals surface area contributed by atoms with Crippen molar-refractivity contribution in [3.05, 3.63) is 24.3 Å². The lowest BCUT2D eigenvalue weighted by atomic mass is 9.45. The summed E-state index contributed by atoms with van der Waals surface area (Å²) in [5, 5.41) is 0. The van der Waals surface area contributed by atoms with Gasteiger partial charge in [-0.3, -0.25) is 4.79 Å². The quantitative estimate of drug-likeness (QED) is 0.416. The Morgan fingerprint density at radius 2 is 1.92 bits per heavy atom. The van der Waals surface area contributed by atoms with Crippen molar-refractivity contribution in [2.75, 3.05) is 0 Å². The summed E-state index contributed by atoms with van der Waals surface area (Å²) < 4.78 is 6.03. The first-order valence-electron chi connectivity index (χ1n) is 10.5. The lowest BCUT2D eigenvalue weighted by molar-refractivity contribution is -0.160. The first-order chi connectivity index (χ1) is 11.9. The summed E-state index contributed by atoms with van der Waals surface area (Å²) in [6.07, 6.45) is 12.7. The van der Waals surface area contributed by atoms with Crippen LogP contribution in [-0.2, 0) is 9.22 Å². The molecule has 146 valence electrons. The molecule has 3 aliphatic carbocycles. The predicted octanol–water partition coefficient (Wildman–Crippen LogP) is 6.50. The lowest BCUT2D eigenvalue weighted by Crippen LogP contribution is -2.55. The van der Waals surface area contributed by atoms with Crippen LogP contribution in [0.25, 0.3) is 0 Å². The normalized spacial score (nSPS) is 42.9. The first kappa shape index (κ1) is 19.9. The van der Waals surface area contributed by atoms with Crippen molar-refractivity contribution in [1.29, 1.82) is 0 Å². The zero-order valence-corrected chi connectivity index (χ0v) is 18.8. The summed E-state index contributed by atoms with van der Waals surface area (Å²) in [7, 11) is -1.87. The summed E-state index contributed by atoms with van der Waals surface area (Å²) in [5.74, 6) is 1.12. The van der Waals surface area contributed by atoms with Gasteiger partial charge in [-0.05, 0) is 87.8 Å². The van der Waals surface area contributed by atoms with E-state index in [1.165, 1.54) is 19.3 Å². The van der Waals surface area contributed by atoms with Crippen LogP contribution >= 0.6 is 0 Å². The molecule has 5 atom stereocenters. The van der Waals surface area contributed by atoms with E-state index >= 15 is 0 Å². The summed E-state index contributed by atoms with van der Waals surface area (Å²) in [4.78, 5) is 13.2. The molecule has 0 aliphatic heterocycles. The molecule has 0 aromatic rings. The summed E-state index contributed by atoms with van der Waals surface area (Å²) in [6, 6.07) is 0. The zero-order chi connectivity index (χ0) is 19.4. The van der Waals surface area contributed by atoms with Crippen molar-refractivity contribution in [1.82, 2.24) is 0 Å². The molecule has 0 radical (unpaired) electrons. The van der Waals surface area contributed by atoms with Gasteiger partial charge in [-0.1, -0.05) is 38.0 Å². The molecule has 0 N–H and O–H groups in total. The molecule has 3 heteroatoms. The maximum Gasteiger partial charge on any atom is 0.298 e. The van der Waals surface area contributed by atoms with E-state index in [0.29, 0.717) is 11.8 Å². The molecule has 2 nitrogen and oxygen atoms in total. The van der Waals surface area contributed by atoms with E-state index in [-0.39, 0.29) is 22.2 Å². The third-order valence-electron chi connectivity index (χ3n) is 7.81. The van der Waals surface area contributed by atoms with Gasteiger partial charge in [0, 0.05) is 0 Å². The Bertz CT molecular complexity index is 631. The van der Waals surface area contributed by atoms with Crippen LogP contribution in [-0.4, -0.2) is 14.3 Å². The summed E-state index contributed by atoms with van der Waals surface area (Å²) >= 11 is 0. The average molecular weight is 375 g/mol. The van der Waals surface area contributed by atoms with Gasteiger partial charge in [0.15, 0.2) is 0 Å². The first-order valence-corrected chi connectivity index (χ1v) is 13.9. The van der Waals surface area contributed by atoms with Crippen molar-refractivity contribution in [2.24, 2.45) is 28.1 Å². The van der Waals surface area contributed by atoms with Crippen LogP contribution in [0.1, 0.15) is 65.7 Å². The Hall–Kier alpha value is -0.833. The second kappa shape index (κ2) is 6.36. The smallest absolute Gasteiger partial charge is 0.298 e. The summed E-state index contributed by atoms with van der Waals surface area (Å²) in [6.45, 7) is 17.5. The minimum atomic E-state index is -1.87. The van der Waals surface area contributed by atoms with E-state index in [0.717, 1.165) is 25.7 Å². The molecule has 26 heavy (non-hydrogen) atoms. The maximum atomic E-state index is 13.2. The zero-order valence-electron chi connectivity index (χ0n) is 17.8. The number of carbonyl (C=O) groups is 1. The van der Waals surface area contributed by atoms with Crippen molar-refractivity contribution >= 4 is 14.3 Å².